The summed E-state index contributed by atoms with van der Waals surface area (Å²) in [7, 11) is 0. The number of aldehydes is 1. The predicted molar refractivity (Wildman–Crippen MR) is 97.7 cm³/mol. The molecule has 0 spiro atoms. The van der Waals surface area contributed by atoms with Crippen LogP contribution in [0.25, 0.3) is 0 Å². The van der Waals surface area contributed by atoms with Gasteiger partial charge in [-0.1, -0.05) is 26.0 Å². The van der Waals surface area contributed by atoms with Crippen molar-refractivity contribution in [3.63, 3.8) is 0 Å². The van der Waals surface area contributed by atoms with Crippen LogP contribution >= 0.6 is 0 Å². The van der Waals surface area contributed by atoms with Crippen molar-refractivity contribution in [1.29, 1.82) is 0 Å². The first kappa shape index (κ1) is 18.6. The number of phenols is 3. The summed E-state index contributed by atoms with van der Waals surface area (Å²) < 4.78 is 0. The lowest BCUT2D eigenvalue weighted by molar-refractivity contribution is -0.111. The number of ketones is 2. The topological polar surface area (TPSA) is 112 Å². The second-order valence-corrected chi connectivity index (χ2v) is 6.40. The highest BCUT2D eigenvalue weighted by Gasteiger charge is 2.40. The standard InChI is InChI=1S/C19H14O6.C2H6/c20-7-8-4-5-9-11(6-8)18(24)14-15(16(9)22)19(25)13-10(17(14)23)2-1-3-12(13)21;1-2/h1-3,7-8,21-22,24H,4-6H2;1-2H3. The highest BCUT2D eigenvalue weighted by molar-refractivity contribution is 6.31. The molecule has 0 radical (unpaired) electrons. The molecule has 1 unspecified atom stereocenters. The van der Waals surface area contributed by atoms with E-state index in [2.05, 4.69) is 0 Å². The van der Waals surface area contributed by atoms with Crippen LogP contribution in [0.1, 0.15) is 63.2 Å². The van der Waals surface area contributed by atoms with Crippen molar-refractivity contribution >= 4 is 17.9 Å². The van der Waals surface area contributed by atoms with Crippen molar-refractivity contribution in [3.8, 4) is 17.2 Å². The van der Waals surface area contributed by atoms with E-state index in [9.17, 15) is 29.7 Å². The summed E-state index contributed by atoms with van der Waals surface area (Å²) in [6.45, 7) is 4.00. The molecule has 4 rings (SSSR count). The lowest BCUT2D eigenvalue weighted by atomic mass is 9.76. The maximum atomic E-state index is 12.8. The fraction of sp³-hybridized carbons (Fsp3) is 0.286. The molecule has 3 N–H and O–H groups in total. The van der Waals surface area contributed by atoms with Crippen LogP contribution in [0.3, 0.4) is 0 Å². The molecule has 2 aliphatic carbocycles. The lowest BCUT2D eigenvalue weighted by Crippen LogP contribution is -2.24. The first-order chi connectivity index (χ1) is 13.0. The van der Waals surface area contributed by atoms with Crippen molar-refractivity contribution in [2.75, 3.05) is 0 Å². The van der Waals surface area contributed by atoms with Gasteiger partial charge in [0.2, 0.25) is 5.78 Å². The number of hydrogen-bond acceptors (Lipinski definition) is 6. The summed E-state index contributed by atoms with van der Waals surface area (Å²) in [5, 5.41) is 31.2. The third-order valence-electron chi connectivity index (χ3n) is 5.05. The number of carbonyl (C=O) groups excluding carboxylic acids is 3. The van der Waals surface area contributed by atoms with Crippen LogP contribution in [-0.4, -0.2) is 33.2 Å². The van der Waals surface area contributed by atoms with Gasteiger partial charge in [-0.15, -0.1) is 0 Å². The van der Waals surface area contributed by atoms with Crippen LogP contribution in [0.15, 0.2) is 18.2 Å². The molecule has 1 atom stereocenters. The van der Waals surface area contributed by atoms with Crippen LogP contribution < -0.4 is 0 Å². The van der Waals surface area contributed by atoms with E-state index in [1.807, 2.05) is 13.8 Å². The summed E-state index contributed by atoms with van der Waals surface area (Å²) in [5.41, 5.74) is -0.00412. The van der Waals surface area contributed by atoms with Crippen LogP contribution in [0.4, 0.5) is 0 Å². The Bertz CT molecular complexity index is 973. The second kappa shape index (κ2) is 6.87. The minimum Gasteiger partial charge on any atom is -0.507 e. The second-order valence-electron chi connectivity index (χ2n) is 6.40. The predicted octanol–water partition coefficient (Wildman–Crippen LogP) is 2.91. The molecule has 2 aliphatic rings. The summed E-state index contributed by atoms with van der Waals surface area (Å²) >= 11 is 0. The highest BCUT2D eigenvalue weighted by Crippen LogP contribution is 2.47. The maximum absolute atomic E-state index is 12.8. The van der Waals surface area contributed by atoms with Gasteiger partial charge in [0.15, 0.2) is 5.78 Å². The van der Waals surface area contributed by atoms with Gasteiger partial charge in [0.25, 0.3) is 0 Å². The Labute approximate surface area is 156 Å². The highest BCUT2D eigenvalue weighted by atomic mass is 16.3. The molecule has 0 heterocycles. The summed E-state index contributed by atoms with van der Waals surface area (Å²) in [6, 6.07) is 4.11. The molecule has 0 aliphatic heterocycles. The Morgan fingerprint density at radius 3 is 2.22 bits per heavy atom. The van der Waals surface area contributed by atoms with E-state index < -0.39 is 11.6 Å². The monoisotopic (exact) mass is 368 g/mol. The van der Waals surface area contributed by atoms with Crippen molar-refractivity contribution in [2.45, 2.75) is 33.1 Å². The Morgan fingerprint density at radius 1 is 0.926 bits per heavy atom. The average molecular weight is 368 g/mol. The number of fused-ring (bicyclic) bond motifs is 3. The van der Waals surface area contributed by atoms with Gasteiger partial charge in [-0.3, -0.25) is 9.59 Å². The minimum absolute atomic E-state index is 0.0186. The zero-order valence-corrected chi connectivity index (χ0v) is 15.1. The molecule has 2 aromatic rings. The smallest absolute Gasteiger partial charge is 0.202 e. The zero-order chi connectivity index (χ0) is 19.9. The molecular formula is C21H20O6. The van der Waals surface area contributed by atoms with Crippen molar-refractivity contribution < 1.29 is 29.7 Å². The maximum Gasteiger partial charge on any atom is 0.202 e. The van der Waals surface area contributed by atoms with Gasteiger partial charge in [-0.05, 0) is 25.3 Å². The average Bonchev–Trinajstić information content (AvgIpc) is 2.69. The van der Waals surface area contributed by atoms with Gasteiger partial charge in [0.05, 0.1) is 16.7 Å². The number of phenolic OH excluding ortho intramolecular Hbond substituents is 3. The number of aromatic hydroxyl groups is 3. The molecule has 6 heteroatoms. The van der Waals surface area contributed by atoms with Crippen LogP contribution in [0.2, 0.25) is 0 Å². The Kier molecular flexibility index (Phi) is 4.74. The van der Waals surface area contributed by atoms with Gasteiger partial charge in [0, 0.05) is 22.6 Å². The molecule has 0 fully saturated rings. The molecule has 27 heavy (non-hydrogen) atoms. The fourth-order valence-electron chi connectivity index (χ4n) is 3.79. The van der Waals surface area contributed by atoms with E-state index in [0.717, 1.165) is 6.29 Å². The van der Waals surface area contributed by atoms with E-state index in [4.69, 9.17) is 0 Å². The van der Waals surface area contributed by atoms with Crippen LogP contribution in [-0.2, 0) is 17.6 Å². The summed E-state index contributed by atoms with van der Waals surface area (Å²) in [5.74, 6) is -2.69. The van der Waals surface area contributed by atoms with Crippen molar-refractivity contribution in [3.05, 3.63) is 51.6 Å². The van der Waals surface area contributed by atoms with Gasteiger partial charge < -0.3 is 20.1 Å². The molecule has 0 amide bonds. The first-order valence-corrected chi connectivity index (χ1v) is 8.92. The normalized spacial score (nSPS) is 17.2. The Balaban J connectivity index is 0.00000102. The third kappa shape index (κ3) is 2.60. The molecular weight excluding hydrogens is 348 g/mol. The van der Waals surface area contributed by atoms with Crippen molar-refractivity contribution in [1.82, 2.24) is 0 Å². The first-order valence-electron chi connectivity index (χ1n) is 8.92. The largest absolute Gasteiger partial charge is 0.507 e. The minimum atomic E-state index is -0.698. The number of carbonyl (C=O) groups is 3. The van der Waals surface area contributed by atoms with E-state index in [-0.39, 0.29) is 51.8 Å². The van der Waals surface area contributed by atoms with Gasteiger partial charge in [-0.25, -0.2) is 0 Å². The lowest BCUT2D eigenvalue weighted by Gasteiger charge is -2.28. The van der Waals surface area contributed by atoms with Gasteiger partial charge in [-0.2, -0.15) is 0 Å². The Morgan fingerprint density at radius 2 is 1.56 bits per heavy atom. The van der Waals surface area contributed by atoms with Gasteiger partial charge in [0.1, 0.15) is 23.5 Å². The van der Waals surface area contributed by atoms with E-state index in [1.165, 1.54) is 18.2 Å². The molecule has 140 valence electrons. The summed E-state index contributed by atoms with van der Waals surface area (Å²) in [4.78, 5) is 36.7. The number of benzene rings is 2. The Hall–Kier alpha value is -3.15. The molecule has 6 nitrogen and oxygen atoms in total. The summed E-state index contributed by atoms with van der Waals surface area (Å²) in [6.07, 6.45) is 1.81. The molecule has 0 bridgehead atoms. The molecule has 0 saturated carbocycles. The van der Waals surface area contributed by atoms with Crippen LogP contribution in [0, 0.1) is 5.92 Å². The molecule has 2 aromatic carbocycles. The van der Waals surface area contributed by atoms with Crippen molar-refractivity contribution in [2.24, 2.45) is 5.92 Å². The van der Waals surface area contributed by atoms with Crippen LogP contribution in [0.5, 0.6) is 17.2 Å². The van der Waals surface area contributed by atoms with E-state index in [0.29, 0.717) is 24.0 Å². The zero-order valence-electron chi connectivity index (χ0n) is 15.1. The van der Waals surface area contributed by atoms with Gasteiger partial charge >= 0.3 is 0 Å². The number of hydrogen-bond donors (Lipinski definition) is 3. The quantitative estimate of drug-likeness (QED) is 0.450. The van der Waals surface area contributed by atoms with E-state index in [1.54, 1.807) is 0 Å². The molecule has 0 aromatic heterocycles. The third-order valence-corrected chi connectivity index (χ3v) is 5.05. The SMILES string of the molecule is CC.O=CC1CCc2c(O)c3c(c(O)c2C1)C(=O)c1cccc(O)c1C3=O. The fourth-order valence-corrected chi connectivity index (χ4v) is 3.79. The number of rotatable bonds is 1. The molecule has 0 saturated heterocycles. The van der Waals surface area contributed by atoms with E-state index >= 15 is 0 Å².